The van der Waals surface area contributed by atoms with E-state index in [1.807, 2.05) is 13.2 Å². The van der Waals surface area contributed by atoms with Gasteiger partial charge >= 0.3 is 0 Å². The Morgan fingerprint density at radius 1 is 1.35 bits per heavy atom. The number of nitrogens with zero attached hydrogens (tertiary/aromatic N) is 3. The van der Waals surface area contributed by atoms with E-state index in [4.69, 9.17) is 0 Å². The number of aromatic nitrogens is 1. The molecule has 1 fully saturated rings. The van der Waals surface area contributed by atoms with E-state index in [9.17, 15) is 0 Å². The van der Waals surface area contributed by atoms with Crippen LogP contribution >= 0.6 is 11.3 Å². The largest absolute Gasteiger partial charge is 0.356 e. The smallest absolute Gasteiger partial charge is 0.191 e. The van der Waals surface area contributed by atoms with Gasteiger partial charge in [0, 0.05) is 37.8 Å². The molecule has 2 N–H and O–H groups in total. The van der Waals surface area contributed by atoms with Gasteiger partial charge in [0.2, 0.25) is 0 Å². The van der Waals surface area contributed by atoms with E-state index in [-0.39, 0.29) is 0 Å². The molecule has 2 unspecified atom stereocenters. The van der Waals surface area contributed by atoms with Crippen LogP contribution in [0.1, 0.15) is 36.6 Å². The van der Waals surface area contributed by atoms with Crippen molar-refractivity contribution >= 4 is 17.3 Å². The first kappa shape index (κ1) is 18.2. The van der Waals surface area contributed by atoms with Crippen molar-refractivity contribution in [1.29, 1.82) is 0 Å². The molecule has 1 aliphatic rings. The Hall–Kier alpha value is -1.14. The molecule has 1 saturated heterocycles. The van der Waals surface area contributed by atoms with Crippen molar-refractivity contribution in [2.24, 2.45) is 16.8 Å². The number of aryl methyl sites for hydroxylation is 1. The molecule has 2 rings (SSSR count). The summed E-state index contributed by atoms with van der Waals surface area (Å²) >= 11 is 1.72. The molecule has 23 heavy (non-hydrogen) atoms. The third-order valence-electron chi connectivity index (χ3n) is 4.19. The standard InChI is InChI=1S/C17H31N5S/c1-13-8-14(2)12-22(11-13)7-5-6-19-17(18-4)21-10-16-20-9-15(3)23-16/h9,13-14H,5-8,10-12H2,1-4H3,(H2,18,19,21). The highest BCUT2D eigenvalue weighted by Crippen LogP contribution is 2.20. The first-order valence-electron chi connectivity index (χ1n) is 8.65. The number of likely N-dealkylation sites (tertiary alicyclic amines) is 1. The molecule has 0 bridgehead atoms. The molecule has 0 amide bonds. The summed E-state index contributed by atoms with van der Waals surface area (Å²) in [6, 6.07) is 0. The molecule has 0 saturated carbocycles. The molecule has 2 heterocycles. The van der Waals surface area contributed by atoms with Gasteiger partial charge in [-0.2, -0.15) is 0 Å². The average Bonchev–Trinajstić information content (AvgIpc) is 2.91. The van der Waals surface area contributed by atoms with Crippen molar-refractivity contribution in [3.05, 3.63) is 16.1 Å². The molecule has 0 aromatic carbocycles. The summed E-state index contributed by atoms with van der Waals surface area (Å²) in [7, 11) is 1.82. The first-order chi connectivity index (χ1) is 11.1. The monoisotopic (exact) mass is 337 g/mol. The predicted molar refractivity (Wildman–Crippen MR) is 99.1 cm³/mol. The van der Waals surface area contributed by atoms with Gasteiger partial charge in [0.05, 0.1) is 6.54 Å². The maximum atomic E-state index is 4.36. The summed E-state index contributed by atoms with van der Waals surface area (Å²) in [5.41, 5.74) is 0. The van der Waals surface area contributed by atoms with Gasteiger partial charge in [0.15, 0.2) is 5.96 Å². The highest BCUT2D eigenvalue weighted by molar-refractivity contribution is 7.11. The van der Waals surface area contributed by atoms with E-state index in [1.165, 1.54) is 30.9 Å². The average molecular weight is 338 g/mol. The number of hydrogen-bond acceptors (Lipinski definition) is 4. The van der Waals surface area contributed by atoms with Gasteiger partial charge in [0.1, 0.15) is 5.01 Å². The second-order valence-corrected chi connectivity index (χ2v) is 8.10. The Morgan fingerprint density at radius 2 is 2.09 bits per heavy atom. The van der Waals surface area contributed by atoms with Crippen molar-refractivity contribution in [1.82, 2.24) is 20.5 Å². The predicted octanol–water partition coefficient (Wildman–Crippen LogP) is 2.48. The molecule has 0 radical (unpaired) electrons. The Kier molecular flexibility index (Phi) is 7.30. The topological polar surface area (TPSA) is 52.6 Å². The summed E-state index contributed by atoms with van der Waals surface area (Å²) in [4.78, 5) is 12.5. The van der Waals surface area contributed by atoms with Gasteiger partial charge in [-0.05, 0) is 38.1 Å². The fourth-order valence-corrected chi connectivity index (χ4v) is 4.07. The Morgan fingerprint density at radius 3 is 2.70 bits per heavy atom. The van der Waals surface area contributed by atoms with Crippen LogP contribution < -0.4 is 10.6 Å². The zero-order valence-corrected chi connectivity index (χ0v) is 15.7. The molecule has 2 atom stereocenters. The number of rotatable bonds is 6. The van der Waals surface area contributed by atoms with Gasteiger partial charge in [-0.1, -0.05) is 13.8 Å². The van der Waals surface area contributed by atoms with Crippen LogP contribution in [-0.4, -0.2) is 49.1 Å². The minimum atomic E-state index is 0.735. The molecule has 0 aliphatic carbocycles. The lowest BCUT2D eigenvalue weighted by molar-refractivity contribution is 0.140. The van der Waals surface area contributed by atoms with Crippen LogP contribution in [0.4, 0.5) is 0 Å². The Labute approximate surface area is 144 Å². The van der Waals surface area contributed by atoms with Crippen molar-refractivity contribution in [2.45, 2.75) is 40.2 Å². The van der Waals surface area contributed by atoms with E-state index in [2.05, 4.69) is 46.3 Å². The van der Waals surface area contributed by atoms with Crippen LogP contribution in [0.5, 0.6) is 0 Å². The third kappa shape index (κ3) is 6.47. The maximum absolute atomic E-state index is 4.36. The van der Waals surface area contributed by atoms with Crippen molar-refractivity contribution in [2.75, 3.05) is 33.2 Å². The number of hydrogen-bond donors (Lipinski definition) is 2. The summed E-state index contributed by atoms with van der Waals surface area (Å²) in [6.07, 6.45) is 4.44. The van der Waals surface area contributed by atoms with Gasteiger partial charge in [-0.25, -0.2) is 4.98 Å². The molecule has 5 nitrogen and oxygen atoms in total. The van der Waals surface area contributed by atoms with Crippen molar-refractivity contribution in [3.8, 4) is 0 Å². The van der Waals surface area contributed by atoms with E-state index < -0.39 is 0 Å². The highest BCUT2D eigenvalue weighted by Gasteiger charge is 2.20. The summed E-state index contributed by atoms with van der Waals surface area (Å²) < 4.78 is 0. The number of nitrogens with one attached hydrogen (secondary N) is 2. The van der Waals surface area contributed by atoms with Crippen LogP contribution in [0.15, 0.2) is 11.2 Å². The van der Waals surface area contributed by atoms with Crippen molar-refractivity contribution < 1.29 is 0 Å². The lowest BCUT2D eigenvalue weighted by Crippen LogP contribution is -2.41. The fourth-order valence-electron chi connectivity index (χ4n) is 3.35. The van der Waals surface area contributed by atoms with Crippen LogP contribution in [0.25, 0.3) is 0 Å². The SMILES string of the molecule is CN=C(NCCCN1CC(C)CC(C)C1)NCc1ncc(C)s1. The maximum Gasteiger partial charge on any atom is 0.191 e. The van der Waals surface area contributed by atoms with Crippen LogP contribution in [0.2, 0.25) is 0 Å². The number of piperidine rings is 1. The van der Waals surface area contributed by atoms with Crippen LogP contribution in [0, 0.1) is 18.8 Å². The van der Waals surface area contributed by atoms with Gasteiger partial charge in [-0.15, -0.1) is 11.3 Å². The molecule has 130 valence electrons. The first-order valence-corrected chi connectivity index (χ1v) is 9.46. The normalized spacial score (nSPS) is 23.0. The molecule has 1 aliphatic heterocycles. The van der Waals surface area contributed by atoms with E-state index >= 15 is 0 Å². The van der Waals surface area contributed by atoms with E-state index in [1.54, 1.807) is 11.3 Å². The van der Waals surface area contributed by atoms with Crippen LogP contribution in [-0.2, 0) is 6.54 Å². The third-order valence-corrected chi connectivity index (χ3v) is 5.10. The summed E-state index contributed by atoms with van der Waals surface area (Å²) in [5, 5.41) is 7.82. The quantitative estimate of drug-likeness (QED) is 0.476. The summed E-state index contributed by atoms with van der Waals surface area (Å²) in [5.74, 6) is 2.53. The van der Waals surface area contributed by atoms with Gasteiger partial charge < -0.3 is 15.5 Å². The minimum absolute atomic E-state index is 0.735. The van der Waals surface area contributed by atoms with E-state index in [0.29, 0.717) is 0 Å². The highest BCUT2D eigenvalue weighted by atomic mass is 32.1. The lowest BCUT2D eigenvalue weighted by atomic mass is 9.92. The Bertz CT molecular complexity index is 489. The van der Waals surface area contributed by atoms with Crippen molar-refractivity contribution in [3.63, 3.8) is 0 Å². The lowest BCUT2D eigenvalue weighted by Gasteiger charge is -2.35. The molecule has 1 aromatic heterocycles. The summed E-state index contributed by atoms with van der Waals surface area (Å²) in [6.45, 7) is 12.2. The number of aliphatic imine (C=N–C) groups is 1. The zero-order chi connectivity index (χ0) is 16.7. The second-order valence-electron chi connectivity index (χ2n) is 6.78. The fraction of sp³-hybridized carbons (Fsp3) is 0.765. The number of guanidine groups is 1. The molecule has 6 heteroatoms. The number of thiazole rings is 1. The molecule has 1 aromatic rings. The van der Waals surface area contributed by atoms with Crippen LogP contribution in [0.3, 0.4) is 0 Å². The molecular formula is C17H31N5S. The zero-order valence-electron chi connectivity index (χ0n) is 14.9. The molecular weight excluding hydrogens is 306 g/mol. The van der Waals surface area contributed by atoms with Gasteiger partial charge in [0.25, 0.3) is 0 Å². The van der Waals surface area contributed by atoms with E-state index in [0.717, 1.165) is 42.3 Å². The van der Waals surface area contributed by atoms with Gasteiger partial charge in [-0.3, -0.25) is 4.99 Å². The minimum Gasteiger partial charge on any atom is -0.356 e. The Balaban J connectivity index is 1.62. The molecule has 0 spiro atoms. The second kappa shape index (κ2) is 9.23.